The maximum Gasteiger partial charge on any atom is 0.319 e. The second-order valence-corrected chi connectivity index (χ2v) is 5.70. The highest BCUT2D eigenvalue weighted by Gasteiger charge is 2.06. The Morgan fingerprint density at radius 2 is 1.68 bits per heavy atom. The highest BCUT2D eigenvalue weighted by Crippen LogP contribution is 2.24. The van der Waals surface area contributed by atoms with Crippen LogP contribution in [0, 0.1) is 0 Å². The average molecular weight is 337 g/mol. The van der Waals surface area contributed by atoms with Gasteiger partial charge in [0.15, 0.2) is 0 Å². The molecule has 5 heteroatoms. The molecule has 0 saturated heterocycles. The normalized spacial score (nSPS) is 10.3. The molecule has 0 aliphatic rings. The quantitative estimate of drug-likeness (QED) is 0.799. The van der Waals surface area contributed by atoms with Crippen LogP contribution in [0.25, 0.3) is 0 Å². The average Bonchev–Trinajstić information content (AvgIpc) is 2.51. The first kappa shape index (κ1) is 16.7. The number of hydrogen-bond acceptors (Lipinski definition) is 1. The van der Waals surface area contributed by atoms with Crippen LogP contribution in [0.1, 0.15) is 18.1 Å². The third kappa shape index (κ3) is 4.65. The monoisotopic (exact) mass is 336 g/mol. The van der Waals surface area contributed by atoms with E-state index in [4.69, 9.17) is 23.2 Å². The van der Waals surface area contributed by atoms with Crippen LogP contribution in [0.2, 0.25) is 10.0 Å². The third-order valence-electron chi connectivity index (χ3n) is 3.34. The van der Waals surface area contributed by atoms with Gasteiger partial charge >= 0.3 is 6.03 Å². The first-order chi connectivity index (χ1) is 10.6. The number of benzene rings is 2. The van der Waals surface area contributed by atoms with Gasteiger partial charge in [-0.25, -0.2) is 4.79 Å². The Morgan fingerprint density at radius 3 is 2.27 bits per heavy atom. The van der Waals surface area contributed by atoms with Crippen molar-refractivity contribution in [1.82, 2.24) is 5.32 Å². The van der Waals surface area contributed by atoms with Gasteiger partial charge in [-0.2, -0.15) is 0 Å². The second-order valence-electron chi connectivity index (χ2n) is 4.88. The summed E-state index contributed by atoms with van der Waals surface area (Å²) in [5.74, 6) is 0. The molecule has 0 fully saturated rings. The molecule has 0 radical (unpaired) electrons. The van der Waals surface area contributed by atoms with Crippen molar-refractivity contribution in [3.8, 4) is 0 Å². The van der Waals surface area contributed by atoms with Crippen LogP contribution in [0.15, 0.2) is 42.5 Å². The van der Waals surface area contributed by atoms with Crippen molar-refractivity contribution in [3.05, 3.63) is 63.6 Å². The molecule has 2 amide bonds. The van der Waals surface area contributed by atoms with Gasteiger partial charge in [0, 0.05) is 22.3 Å². The van der Waals surface area contributed by atoms with Gasteiger partial charge in [0.1, 0.15) is 0 Å². The van der Waals surface area contributed by atoms with Crippen molar-refractivity contribution in [2.45, 2.75) is 19.8 Å². The lowest BCUT2D eigenvalue weighted by atomic mass is 10.1. The van der Waals surface area contributed by atoms with Crippen molar-refractivity contribution in [2.75, 3.05) is 11.9 Å². The predicted molar refractivity (Wildman–Crippen MR) is 93.0 cm³/mol. The van der Waals surface area contributed by atoms with E-state index in [1.54, 1.807) is 18.2 Å². The van der Waals surface area contributed by atoms with Gasteiger partial charge in [-0.3, -0.25) is 0 Å². The molecular formula is C17H18Cl2N2O. The van der Waals surface area contributed by atoms with E-state index in [2.05, 4.69) is 17.6 Å². The lowest BCUT2D eigenvalue weighted by Crippen LogP contribution is -2.30. The first-order valence-corrected chi connectivity index (χ1v) is 7.92. The zero-order valence-electron chi connectivity index (χ0n) is 12.3. The van der Waals surface area contributed by atoms with Crippen LogP contribution in [-0.2, 0) is 12.8 Å². The summed E-state index contributed by atoms with van der Waals surface area (Å²) < 4.78 is 0. The van der Waals surface area contributed by atoms with Crippen molar-refractivity contribution >= 4 is 34.9 Å². The largest absolute Gasteiger partial charge is 0.338 e. The van der Waals surface area contributed by atoms with Crippen LogP contribution in [0.5, 0.6) is 0 Å². The lowest BCUT2D eigenvalue weighted by Gasteiger charge is -2.10. The Labute approximate surface area is 140 Å². The van der Waals surface area contributed by atoms with Crippen molar-refractivity contribution in [3.63, 3.8) is 0 Å². The predicted octanol–water partition coefficient (Wildman–Crippen LogP) is 4.92. The van der Waals surface area contributed by atoms with E-state index < -0.39 is 0 Å². The molecule has 0 heterocycles. The first-order valence-electron chi connectivity index (χ1n) is 7.17. The molecule has 2 aromatic carbocycles. The molecule has 2 N–H and O–H groups in total. The van der Waals surface area contributed by atoms with E-state index in [1.165, 1.54) is 5.56 Å². The Hall–Kier alpha value is -1.71. The number of anilines is 1. The molecule has 0 aliphatic heterocycles. The fourth-order valence-electron chi connectivity index (χ4n) is 2.07. The molecule has 116 valence electrons. The van der Waals surface area contributed by atoms with Crippen molar-refractivity contribution < 1.29 is 4.79 Å². The minimum absolute atomic E-state index is 0.243. The van der Waals surface area contributed by atoms with Gasteiger partial charge in [0.05, 0.1) is 0 Å². The van der Waals surface area contributed by atoms with Crippen LogP contribution in [0.3, 0.4) is 0 Å². The van der Waals surface area contributed by atoms with Crippen LogP contribution >= 0.6 is 23.2 Å². The van der Waals surface area contributed by atoms with E-state index in [0.29, 0.717) is 23.0 Å². The molecule has 0 aromatic heterocycles. The number of nitrogens with one attached hydrogen (secondary N) is 2. The molecule has 0 atom stereocenters. The Kier molecular flexibility index (Phi) is 6.10. The number of urea groups is 1. The number of carbonyl (C=O) groups excluding carboxylic acids is 1. The topological polar surface area (TPSA) is 41.1 Å². The Balaban J connectivity index is 1.82. The molecule has 22 heavy (non-hydrogen) atoms. The maximum atomic E-state index is 11.8. The highest BCUT2D eigenvalue weighted by molar-refractivity contribution is 6.36. The van der Waals surface area contributed by atoms with Gasteiger partial charge < -0.3 is 10.6 Å². The van der Waals surface area contributed by atoms with E-state index in [-0.39, 0.29) is 6.03 Å². The Morgan fingerprint density at radius 1 is 1.05 bits per heavy atom. The highest BCUT2D eigenvalue weighted by atomic mass is 35.5. The van der Waals surface area contributed by atoms with Crippen molar-refractivity contribution in [1.29, 1.82) is 0 Å². The van der Waals surface area contributed by atoms with Gasteiger partial charge in [-0.1, -0.05) is 48.3 Å². The fraction of sp³-hybridized carbons (Fsp3) is 0.235. The van der Waals surface area contributed by atoms with Crippen molar-refractivity contribution in [2.24, 2.45) is 0 Å². The van der Waals surface area contributed by atoms with Crippen LogP contribution < -0.4 is 10.6 Å². The molecular weight excluding hydrogens is 319 g/mol. The summed E-state index contributed by atoms with van der Waals surface area (Å²) >= 11 is 12.2. The zero-order valence-corrected chi connectivity index (χ0v) is 13.8. The van der Waals surface area contributed by atoms with Gasteiger partial charge in [-0.05, 0) is 48.2 Å². The smallest absolute Gasteiger partial charge is 0.319 e. The summed E-state index contributed by atoms with van der Waals surface area (Å²) in [6.07, 6.45) is 1.56. The van der Waals surface area contributed by atoms with Gasteiger partial charge in [0.2, 0.25) is 0 Å². The molecule has 0 unspecified atom stereocenters. The SMILES string of the molecule is CCc1ccc(NC(=O)NCCc2c(Cl)cccc2Cl)cc1. The Bertz CT molecular complexity index is 621. The number of rotatable bonds is 5. The van der Waals surface area contributed by atoms with Gasteiger partial charge in [0.25, 0.3) is 0 Å². The summed E-state index contributed by atoms with van der Waals surface area (Å²) in [6, 6.07) is 12.9. The summed E-state index contributed by atoms with van der Waals surface area (Å²) in [7, 11) is 0. The third-order valence-corrected chi connectivity index (χ3v) is 4.05. The molecule has 0 saturated carbocycles. The standard InChI is InChI=1S/C17H18Cl2N2O/c1-2-12-6-8-13(9-7-12)21-17(22)20-11-10-14-15(18)4-3-5-16(14)19/h3-9H,2,10-11H2,1H3,(H2,20,21,22). The molecule has 3 nitrogen and oxygen atoms in total. The van der Waals surface area contributed by atoms with E-state index in [1.807, 2.05) is 24.3 Å². The second kappa shape index (κ2) is 8.06. The molecule has 0 spiro atoms. The van der Waals surface area contributed by atoms with Gasteiger partial charge in [-0.15, -0.1) is 0 Å². The van der Waals surface area contributed by atoms with E-state index in [9.17, 15) is 4.79 Å². The number of halogens is 2. The minimum atomic E-state index is -0.243. The summed E-state index contributed by atoms with van der Waals surface area (Å²) in [5, 5.41) is 6.82. The fourth-order valence-corrected chi connectivity index (χ4v) is 2.66. The molecule has 2 rings (SSSR count). The van der Waals surface area contributed by atoms with Crippen LogP contribution in [-0.4, -0.2) is 12.6 Å². The van der Waals surface area contributed by atoms with E-state index >= 15 is 0 Å². The number of hydrogen-bond donors (Lipinski definition) is 2. The molecule has 0 aliphatic carbocycles. The number of carbonyl (C=O) groups is 1. The van der Waals surface area contributed by atoms with E-state index in [0.717, 1.165) is 17.7 Å². The summed E-state index contributed by atoms with van der Waals surface area (Å²) in [4.78, 5) is 11.8. The summed E-state index contributed by atoms with van der Waals surface area (Å²) in [5.41, 5.74) is 2.85. The number of amides is 2. The summed E-state index contributed by atoms with van der Waals surface area (Å²) in [6.45, 7) is 2.55. The molecule has 0 bridgehead atoms. The zero-order chi connectivity index (χ0) is 15.9. The maximum absolute atomic E-state index is 11.8. The van der Waals surface area contributed by atoms with Crippen LogP contribution in [0.4, 0.5) is 10.5 Å². The molecule has 2 aromatic rings. The minimum Gasteiger partial charge on any atom is -0.338 e. The number of aryl methyl sites for hydroxylation is 1. The lowest BCUT2D eigenvalue weighted by molar-refractivity contribution is 0.252.